The minimum Gasteiger partial charge on any atom is -0.332 e. The average Bonchev–Trinajstić information content (AvgIpc) is 3.23. The van der Waals surface area contributed by atoms with Gasteiger partial charge in [0.15, 0.2) is 0 Å². The number of carbonyl (C=O) groups excluding carboxylic acids is 1. The Balaban J connectivity index is 1.74. The highest BCUT2D eigenvalue weighted by molar-refractivity contribution is 5.92. The van der Waals surface area contributed by atoms with Gasteiger partial charge in [0.2, 0.25) is 0 Å². The van der Waals surface area contributed by atoms with Crippen LogP contribution < -0.4 is 5.32 Å². The fraction of sp³-hybridized carbons (Fsp3) is 0.571. The van der Waals surface area contributed by atoms with Gasteiger partial charge in [0.25, 0.3) is 5.91 Å². The summed E-state index contributed by atoms with van der Waals surface area (Å²) in [4.78, 5) is 18.6. The number of hydrogen-bond donors (Lipinski definition) is 1. The lowest BCUT2D eigenvalue weighted by atomic mass is 10.1. The van der Waals surface area contributed by atoms with Crippen molar-refractivity contribution in [3.05, 3.63) is 29.6 Å². The van der Waals surface area contributed by atoms with E-state index in [1.165, 1.54) is 18.4 Å². The number of nitrogens with one attached hydrogen (secondary N) is 1. The second-order valence-corrected chi connectivity index (χ2v) is 5.30. The van der Waals surface area contributed by atoms with Gasteiger partial charge >= 0.3 is 0 Å². The van der Waals surface area contributed by atoms with Gasteiger partial charge in [0, 0.05) is 31.9 Å². The Hall–Kier alpha value is -1.42. The van der Waals surface area contributed by atoms with Crippen LogP contribution in [0.15, 0.2) is 18.3 Å². The number of rotatable bonds is 2. The van der Waals surface area contributed by atoms with E-state index in [1.54, 1.807) is 0 Å². The molecule has 0 bridgehead atoms. The standard InChI is InChI=1S/C14H19N3O/c1-10-8-15-6-7-17(10)14(18)13-5-4-12(9-16-13)11-2-3-11/h4-5,9-11,15H,2-3,6-8H2,1H3/t10-/m1/s1. The Kier molecular flexibility index (Phi) is 3.04. The van der Waals surface area contributed by atoms with Crippen LogP contribution in [0.25, 0.3) is 0 Å². The van der Waals surface area contributed by atoms with Gasteiger partial charge in [-0.15, -0.1) is 0 Å². The number of pyridine rings is 1. The molecule has 1 saturated heterocycles. The van der Waals surface area contributed by atoms with E-state index in [1.807, 2.05) is 17.2 Å². The maximum atomic E-state index is 12.3. The van der Waals surface area contributed by atoms with Gasteiger partial charge in [-0.25, -0.2) is 0 Å². The van der Waals surface area contributed by atoms with Crippen LogP contribution >= 0.6 is 0 Å². The first-order valence-electron chi connectivity index (χ1n) is 6.73. The summed E-state index contributed by atoms with van der Waals surface area (Å²) in [6.07, 6.45) is 4.41. The van der Waals surface area contributed by atoms with Crippen molar-refractivity contribution in [3.63, 3.8) is 0 Å². The van der Waals surface area contributed by atoms with Crippen molar-refractivity contribution < 1.29 is 4.79 Å². The third-order valence-electron chi connectivity index (χ3n) is 3.82. The third kappa shape index (κ3) is 2.25. The van der Waals surface area contributed by atoms with Crippen molar-refractivity contribution in [2.24, 2.45) is 0 Å². The number of nitrogens with zero attached hydrogens (tertiary/aromatic N) is 2. The average molecular weight is 245 g/mol. The van der Waals surface area contributed by atoms with Crippen molar-refractivity contribution in [1.29, 1.82) is 0 Å². The monoisotopic (exact) mass is 245 g/mol. The molecule has 0 spiro atoms. The Bertz CT molecular complexity index is 439. The van der Waals surface area contributed by atoms with Crippen LogP contribution in [0.4, 0.5) is 0 Å². The van der Waals surface area contributed by atoms with Gasteiger partial charge < -0.3 is 10.2 Å². The molecule has 1 saturated carbocycles. The molecule has 1 aliphatic carbocycles. The maximum absolute atomic E-state index is 12.3. The molecule has 0 unspecified atom stereocenters. The molecular weight excluding hydrogens is 226 g/mol. The van der Waals surface area contributed by atoms with Gasteiger partial charge in [0.1, 0.15) is 5.69 Å². The highest BCUT2D eigenvalue weighted by Gasteiger charge is 2.26. The number of carbonyl (C=O) groups is 1. The Morgan fingerprint density at radius 3 is 2.89 bits per heavy atom. The minimum absolute atomic E-state index is 0.0614. The Labute approximate surface area is 107 Å². The molecule has 0 aromatic carbocycles. The molecule has 18 heavy (non-hydrogen) atoms. The highest BCUT2D eigenvalue weighted by atomic mass is 16.2. The Morgan fingerprint density at radius 1 is 1.44 bits per heavy atom. The molecule has 96 valence electrons. The van der Waals surface area contributed by atoms with Gasteiger partial charge in [-0.3, -0.25) is 9.78 Å². The molecule has 1 atom stereocenters. The highest BCUT2D eigenvalue weighted by Crippen LogP contribution is 2.39. The van der Waals surface area contributed by atoms with Gasteiger partial charge in [-0.2, -0.15) is 0 Å². The summed E-state index contributed by atoms with van der Waals surface area (Å²) < 4.78 is 0. The van der Waals surface area contributed by atoms with Gasteiger partial charge in [-0.1, -0.05) is 6.07 Å². The van der Waals surface area contributed by atoms with E-state index < -0.39 is 0 Å². The van der Waals surface area contributed by atoms with E-state index >= 15 is 0 Å². The second kappa shape index (κ2) is 4.69. The summed E-state index contributed by atoms with van der Waals surface area (Å²) in [6.45, 7) is 4.58. The van der Waals surface area contributed by atoms with Gasteiger partial charge in [-0.05, 0) is 37.3 Å². The zero-order valence-electron chi connectivity index (χ0n) is 10.7. The molecule has 1 aromatic rings. The first-order valence-corrected chi connectivity index (χ1v) is 6.73. The van der Waals surface area contributed by atoms with Crippen LogP contribution in [0.5, 0.6) is 0 Å². The predicted octanol–water partition coefficient (Wildman–Crippen LogP) is 1.39. The molecule has 1 aromatic heterocycles. The zero-order chi connectivity index (χ0) is 12.5. The molecule has 2 heterocycles. The summed E-state index contributed by atoms with van der Waals surface area (Å²) in [5, 5.41) is 3.29. The van der Waals surface area contributed by atoms with Crippen LogP contribution in [0.1, 0.15) is 41.7 Å². The van der Waals surface area contributed by atoms with Crippen molar-refractivity contribution >= 4 is 5.91 Å². The molecule has 1 amide bonds. The van der Waals surface area contributed by atoms with E-state index in [4.69, 9.17) is 0 Å². The van der Waals surface area contributed by atoms with Crippen LogP contribution in [-0.4, -0.2) is 41.5 Å². The molecule has 3 rings (SSSR count). The smallest absolute Gasteiger partial charge is 0.272 e. The lowest BCUT2D eigenvalue weighted by molar-refractivity contribution is 0.0649. The molecule has 4 heteroatoms. The normalized spacial score (nSPS) is 24.1. The number of hydrogen-bond acceptors (Lipinski definition) is 3. The predicted molar refractivity (Wildman–Crippen MR) is 69.6 cm³/mol. The summed E-state index contributed by atoms with van der Waals surface area (Å²) in [5.41, 5.74) is 1.85. The first kappa shape index (κ1) is 11.7. The molecule has 2 fully saturated rings. The summed E-state index contributed by atoms with van der Waals surface area (Å²) >= 11 is 0. The quantitative estimate of drug-likeness (QED) is 0.856. The molecule has 1 N–H and O–H groups in total. The SMILES string of the molecule is C[C@@H]1CNCCN1C(=O)c1ccc(C2CC2)cn1. The number of aromatic nitrogens is 1. The fourth-order valence-corrected chi connectivity index (χ4v) is 2.48. The topological polar surface area (TPSA) is 45.2 Å². The van der Waals surface area contributed by atoms with Crippen LogP contribution in [-0.2, 0) is 0 Å². The lowest BCUT2D eigenvalue weighted by Crippen LogP contribution is -2.52. The van der Waals surface area contributed by atoms with Crippen LogP contribution in [0, 0.1) is 0 Å². The summed E-state index contributed by atoms with van der Waals surface area (Å²) in [5.74, 6) is 0.756. The fourth-order valence-electron chi connectivity index (χ4n) is 2.48. The van der Waals surface area contributed by atoms with Crippen molar-refractivity contribution in [2.75, 3.05) is 19.6 Å². The Morgan fingerprint density at radius 2 is 2.28 bits per heavy atom. The van der Waals surface area contributed by atoms with Crippen LogP contribution in [0.3, 0.4) is 0 Å². The van der Waals surface area contributed by atoms with E-state index in [0.29, 0.717) is 11.6 Å². The summed E-state index contributed by atoms with van der Waals surface area (Å²) in [7, 11) is 0. The van der Waals surface area contributed by atoms with Crippen molar-refractivity contribution in [1.82, 2.24) is 15.2 Å². The molecule has 2 aliphatic rings. The van der Waals surface area contributed by atoms with E-state index in [2.05, 4.69) is 23.3 Å². The first-order chi connectivity index (χ1) is 8.75. The maximum Gasteiger partial charge on any atom is 0.272 e. The van der Waals surface area contributed by atoms with Crippen LogP contribution in [0.2, 0.25) is 0 Å². The third-order valence-corrected chi connectivity index (χ3v) is 3.82. The number of amides is 1. The molecular formula is C14H19N3O. The minimum atomic E-state index is 0.0614. The van der Waals surface area contributed by atoms with E-state index in [0.717, 1.165) is 19.6 Å². The molecule has 4 nitrogen and oxygen atoms in total. The zero-order valence-corrected chi connectivity index (χ0v) is 10.7. The van der Waals surface area contributed by atoms with Gasteiger partial charge in [0.05, 0.1) is 0 Å². The van der Waals surface area contributed by atoms with E-state index in [9.17, 15) is 4.79 Å². The lowest BCUT2D eigenvalue weighted by Gasteiger charge is -2.33. The number of piperazine rings is 1. The molecule has 0 radical (unpaired) electrons. The van der Waals surface area contributed by atoms with Crippen molar-refractivity contribution in [2.45, 2.75) is 31.7 Å². The van der Waals surface area contributed by atoms with Crippen molar-refractivity contribution in [3.8, 4) is 0 Å². The largest absolute Gasteiger partial charge is 0.332 e. The summed E-state index contributed by atoms with van der Waals surface area (Å²) in [6, 6.07) is 4.19. The van der Waals surface area contributed by atoms with E-state index in [-0.39, 0.29) is 11.9 Å². The second-order valence-electron chi connectivity index (χ2n) is 5.30. The molecule has 1 aliphatic heterocycles.